The molecule has 0 radical (unpaired) electrons. The lowest BCUT2D eigenvalue weighted by Gasteiger charge is -2.24. The molecule has 0 bridgehead atoms. The van der Waals surface area contributed by atoms with Crippen molar-refractivity contribution in [2.75, 3.05) is 13.1 Å². The molecule has 0 spiro atoms. The summed E-state index contributed by atoms with van der Waals surface area (Å²) >= 11 is 9.32. The molecule has 0 amide bonds. The first-order chi connectivity index (χ1) is 8.09. The number of aliphatic carboxylic acids is 1. The molecular weight excluding hydrogens is 305 g/mol. The van der Waals surface area contributed by atoms with Crippen molar-refractivity contribution < 1.29 is 9.90 Å². The number of benzene rings is 1. The van der Waals surface area contributed by atoms with E-state index in [0.717, 1.165) is 36.0 Å². The van der Waals surface area contributed by atoms with Crippen LogP contribution in [0.3, 0.4) is 0 Å². The Balaban J connectivity index is 2.31. The molecule has 92 valence electrons. The Bertz CT molecular complexity index is 433. The zero-order chi connectivity index (χ0) is 12.4. The fraction of sp³-hybridized carbons (Fsp3) is 0.417. The van der Waals surface area contributed by atoms with Gasteiger partial charge in [-0.25, -0.2) is 0 Å². The molecule has 1 aromatic carbocycles. The molecule has 17 heavy (non-hydrogen) atoms. The summed E-state index contributed by atoms with van der Waals surface area (Å²) in [7, 11) is 0. The molecular formula is C12H13BrClNO2. The summed E-state index contributed by atoms with van der Waals surface area (Å²) in [6.07, 6.45) is 2.13. The Labute approximate surface area is 114 Å². The Morgan fingerprint density at radius 2 is 2.06 bits per heavy atom. The van der Waals surface area contributed by atoms with E-state index < -0.39 is 12.0 Å². The quantitative estimate of drug-likeness (QED) is 0.929. The first kappa shape index (κ1) is 12.9. The van der Waals surface area contributed by atoms with Crippen molar-refractivity contribution in [3.63, 3.8) is 0 Å². The number of carboxylic acids is 1. The van der Waals surface area contributed by atoms with Gasteiger partial charge in [-0.1, -0.05) is 17.7 Å². The third-order valence-corrected chi connectivity index (χ3v) is 4.23. The Morgan fingerprint density at radius 3 is 2.59 bits per heavy atom. The first-order valence-corrected chi connectivity index (χ1v) is 6.68. The molecule has 1 atom stereocenters. The predicted molar refractivity (Wildman–Crippen MR) is 70.3 cm³/mol. The minimum absolute atomic E-state index is 0.549. The number of likely N-dealkylation sites (tertiary alicyclic amines) is 1. The van der Waals surface area contributed by atoms with Gasteiger partial charge in [-0.05, 0) is 59.6 Å². The van der Waals surface area contributed by atoms with Crippen LogP contribution in [-0.4, -0.2) is 29.1 Å². The summed E-state index contributed by atoms with van der Waals surface area (Å²) in [6.45, 7) is 1.68. The molecule has 1 aliphatic heterocycles. The van der Waals surface area contributed by atoms with Crippen LogP contribution in [0.1, 0.15) is 24.4 Å². The van der Waals surface area contributed by atoms with Gasteiger partial charge in [-0.3, -0.25) is 9.69 Å². The van der Waals surface area contributed by atoms with Crippen molar-refractivity contribution in [1.82, 2.24) is 4.90 Å². The van der Waals surface area contributed by atoms with Gasteiger partial charge in [-0.2, -0.15) is 0 Å². The molecule has 1 aliphatic rings. The van der Waals surface area contributed by atoms with E-state index in [1.807, 2.05) is 11.0 Å². The normalized spacial score (nSPS) is 18.2. The molecule has 2 rings (SSSR count). The molecule has 0 aliphatic carbocycles. The van der Waals surface area contributed by atoms with E-state index in [2.05, 4.69) is 15.9 Å². The van der Waals surface area contributed by atoms with Gasteiger partial charge in [-0.15, -0.1) is 0 Å². The smallest absolute Gasteiger partial charge is 0.325 e. The second-order valence-corrected chi connectivity index (χ2v) is 5.42. The number of hydrogen-bond acceptors (Lipinski definition) is 2. The third-order valence-electron chi connectivity index (χ3n) is 3.00. The van der Waals surface area contributed by atoms with Crippen molar-refractivity contribution in [3.8, 4) is 0 Å². The summed E-state index contributed by atoms with van der Waals surface area (Å²) in [5.74, 6) is -0.815. The van der Waals surface area contributed by atoms with Crippen LogP contribution < -0.4 is 0 Å². The molecule has 1 aromatic rings. The van der Waals surface area contributed by atoms with Gasteiger partial charge in [0, 0.05) is 4.47 Å². The molecule has 1 N–H and O–H groups in total. The second-order valence-electron chi connectivity index (χ2n) is 4.16. The SMILES string of the molecule is O=C(O)C(c1ccc(Br)c(Cl)c1)N1CCCC1. The lowest BCUT2D eigenvalue weighted by atomic mass is 10.1. The van der Waals surface area contributed by atoms with Gasteiger partial charge in [0.2, 0.25) is 0 Å². The van der Waals surface area contributed by atoms with Crippen LogP contribution in [0.15, 0.2) is 22.7 Å². The minimum atomic E-state index is -0.815. The van der Waals surface area contributed by atoms with Crippen molar-refractivity contribution in [3.05, 3.63) is 33.3 Å². The zero-order valence-electron chi connectivity index (χ0n) is 9.20. The van der Waals surface area contributed by atoms with Crippen LogP contribution in [0.2, 0.25) is 5.02 Å². The predicted octanol–water partition coefficient (Wildman–Crippen LogP) is 3.32. The maximum atomic E-state index is 11.4. The Morgan fingerprint density at radius 1 is 1.41 bits per heavy atom. The maximum Gasteiger partial charge on any atom is 0.325 e. The van der Waals surface area contributed by atoms with E-state index in [0.29, 0.717) is 5.02 Å². The van der Waals surface area contributed by atoms with Gasteiger partial charge < -0.3 is 5.11 Å². The van der Waals surface area contributed by atoms with Gasteiger partial charge in [0.25, 0.3) is 0 Å². The summed E-state index contributed by atoms with van der Waals surface area (Å²) in [5, 5.41) is 9.90. The highest BCUT2D eigenvalue weighted by atomic mass is 79.9. The maximum absolute atomic E-state index is 11.4. The number of hydrogen-bond donors (Lipinski definition) is 1. The molecule has 3 nitrogen and oxygen atoms in total. The van der Waals surface area contributed by atoms with Crippen LogP contribution >= 0.6 is 27.5 Å². The van der Waals surface area contributed by atoms with Gasteiger partial charge >= 0.3 is 5.97 Å². The van der Waals surface area contributed by atoms with Crippen LogP contribution in [0.4, 0.5) is 0 Å². The minimum Gasteiger partial charge on any atom is -0.480 e. The van der Waals surface area contributed by atoms with Crippen molar-refractivity contribution in [1.29, 1.82) is 0 Å². The van der Waals surface area contributed by atoms with Crippen LogP contribution in [0.25, 0.3) is 0 Å². The third kappa shape index (κ3) is 2.81. The standard InChI is InChI=1S/C12H13BrClNO2/c13-9-4-3-8(7-10(9)14)11(12(16)17)15-5-1-2-6-15/h3-4,7,11H,1-2,5-6H2,(H,16,17). The van der Waals surface area contributed by atoms with Gasteiger partial charge in [0.15, 0.2) is 0 Å². The molecule has 0 aromatic heterocycles. The number of rotatable bonds is 3. The van der Waals surface area contributed by atoms with E-state index in [1.165, 1.54) is 0 Å². The highest BCUT2D eigenvalue weighted by Gasteiger charge is 2.29. The molecule has 5 heteroatoms. The monoisotopic (exact) mass is 317 g/mol. The van der Waals surface area contributed by atoms with E-state index in [1.54, 1.807) is 12.1 Å². The molecule has 0 saturated carbocycles. The molecule has 1 heterocycles. The van der Waals surface area contributed by atoms with Crippen molar-refractivity contribution in [2.45, 2.75) is 18.9 Å². The van der Waals surface area contributed by atoms with Crippen molar-refractivity contribution in [2.24, 2.45) is 0 Å². The first-order valence-electron chi connectivity index (χ1n) is 5.51. The summed E-state index contributed by atoms with van der Waals surface area (Å²) in [4.78, 5) is 13.4. The fourth-order valence-electron chi connectivity index (χ4n) is 2.19. The Kier molecular flexibility index (Phi) is 4.07. The summed E-state index contributed by atoms with van der Waals surface area (Å²) < 4.78 is 0.786. The topological polar surface area (TPSA) is 40.5 Å². The van der Waals surface area contributed by atoms with Crippen LogP contribution in [0.5, 0.6) is 0 Å². The van der Waals surface area contributed by atoms with E-state index >= 15 is 0 Å². The number of nitrogens with zero attached hydrogens (tertiary/aromatic N) is 1. The average Bonchev–Trinajstić information content (AvgIpc) is 2.76. The zero-order valence-corrected chi connectivity index (χ0v) is 11.5. The second kappa shape index (κ2) is 5.38. The number of carbonyl (C=O) groups is 1. The Hall–Kier alpha value is -0.580. The van der Waals surface area contributed by atoms with E-state index in [4.69, 9.17) is 11.6 Å². The van der Waals surface area contributed by atoms with Crippen LogP contribution in [-0.2, 0) is 4.79 Å². The summed E-state index contributed by atoms with van der Waals surface area (Å²) in [6, 6.07) is 4.75. The highest BCUT2D eigenvalue weighted by Crippen LogP contribution is 2.30. The number of carboxylic acid groups (broad SMARTS) is 1. The molecule has 1 unspecified atom stereocenters. The summed E-state index contributed by atoms with van der Waals surface area (Å²) in [5.41, 5.74) is 0.743. The van der Waals surface area contributed by atoms with Crippen LogP contribution in [0, 0.1) is 0 Å². The number of halogens is 2. The largest absolute Gasteiger partial charge is 0.480 e. The van der Waals surface area contributed by atoms with Crippen molar-refractivity contribution >= 4 is 33.5 Å². The van der Waals surface area contributed by atoms with E-state index in [9.17, 15) is 9.90 Å². The highest BCUT2D eigenvalue weighted by molar-refractivity contribution is 9.10. The average molecular weight is 319 g/mol. The fourth-order valence-corrected chi connectivity index (χ4v) is 2.63. The lowest BCUT2D eigenvalue weighted by Crippen LogP contribution is -2.31. The van der Waals surface area contributed by atoms with E-state index in [-0.39, 0.29) is 0 Å². The lowest BCUT2D eigenvalue weighted by molar-refractivity contribution is -0.143. The van der Waals surface area contributed by atoms with Gasteiger partial charge in [0.05, 0.1) is 5.02 Å². The molecule has 1 fully saturated rings. The molecule has 1 saturated heterocycles. The van der Waals surface area contributed by atoms with Gasteiger partial charge in [0.1, 0.15) is 6.04 Å².